The van der Waals surface area contributed by atoms with E-state index in [0.717, 1.165) is 17.0 Å². The van der Waals surface area contributed by atoms with Gasteiger partial charge in [-0.3, -0.25) is 24.8 Å². The first-order valence-electron chi connectivity index (χ1n) is 5.52. The van der Waals surface area contributed by atoms with Gasteiger partial charge in [0.2, 0.25) is 0 Å². The van der Waals surface area contributed by atoms with E-state index < -0.39 is 15.5 Å². The van der Waals surface area contributed by atoms with E-state index in [1.807, 2.05) is 0 Å². The van der Waals surface area contributed by atoms with Crippen LogP contribution in [0.5, 0.6) is 0 Å². The second-order valence-corrected chi connectivity index (χ2v) is 4.43. The zero-order valence-electron chi connectivity index (χ0n) is 10.3. The molecule has 1 aromatic heterocycles. The SMILES string of the molecule is O=c1ncc([N+](=O)[O-])cn1Cc1ccc(Cl)c([N+](=O)[O-])c1. The Bertz CT molecular complexity index is 788. The molecule has 10 heteroatoms. The van der Waals surface area contributed by atoms with Gasteiger partial charge in [-0.2, -0.15) is 4.98 Å². The minimum absolute atomic E-state index is 0.0340. The fraction of sp³-hybridized carbons (Fsp3) is 0.0909. The lowest BCUT2D eigenvalue weighted by atomic mass is 10.2. The molecule has 108 valence electrons. The molecule has 0 saturated carbocycles. The molecule has 0 saturated heterocycles. The van der Waals surface area contributed by atoms with Crippen LogP contribution in [0.1, 0.15) is 5.56 Å². The molecule has 9 nitrogen and oxygen atoms in total. The summed E-state index contributed by atoms with van der Waals surface area (Å²) in [7, 11) is 0. The van der Waals surface area contributed by atoms with Crippen LogP contribution in [0.25, 0.3) is 0 Å². The van der Waals surface area contributed by atoms with Gasteiger partial charge in [-0.05, 0) is 11.6 Å². The zero-order chi connectivity index (χ0) is 15.6. The first-order chi connectivity index (χ1) is 9.88. The third-order valence-electron chi connectivity index (χ3n) is 2.61. The van der Waals surface area contributed by atoms with Crippen LogP contribution in [0.4, 0.5) is 11.4 Å². The van der Waals surface area contributed by atoms with Crippen molar-refractivity contribution in [1.29, 1.82) is 0 Å². The highest BCUT2D eigenvalue weighted by atomic mass is 35.5. The van der Waals surface area contributed by atoms with Gasteiger partial charge >= 0.3 is 11.4 Å². The van der Waals surface area contributed by atoms with Gasteiger partial charge in [0, 0.05) is 6.07 Å². The Balaban J connectivity index is 2.41. The normalized spacial score (nSPS) is 10.3. The topological polar surface area (TPSA) is 121 Å². The van der Waals surface area contributed by atoms with Gasteiger partial charge in [0.1, 0.15) is 11.2 Å². The van der Waals surface area contributed by atoms with Crippen molar-refractivity contribution in [3.63, 3.8) is 0 Å². The van der Waals surface area contributed by atoms with E-state index in [1.54, 1.807) is 0 Å². The van der Waals surface area contributed by atoms with Crippen LogP contribution >= 0.6 is 11.6 Å². The second-order valence-electron chi connectivity index (χ2n) is 4.02. The summed E-state index contributed by atoms with van der Waals surface area (Å²) in [6.07, 6.45) is 1.87. The Hall–Kier alpha value is -2.81. The van der Waals surface area contributed by atoms with Gasteiger partial charge < -0.3 is 0 Å². The predicted molar refractivity (Wildman–Crippen MR) is 72.4 cm³/mol. The van der Waals surface area contributed by atoms with Gasteiger partial charge in [-0.25, -0.2) is 4.79 Å². The smallest absolute Gasteiger partial charge is 0.288 e. The van der Waals surface area contributed by atoms with Crippen LogP contribution in [0.15, 0.2) is 35.4 Å². The maximum atomic E-state index is 11.6. The van der Waals surface area contributed by atoms with Gasteiger partial charge in [0.05, 0.1) is 22.6 Å². The molecule has 2 aromatic rings. The van der Waals surface area contributed by atoms with Crippen molar-refractivity contribution in [3.05, 3.63) is 71.9 Å². The number of nitro benzene ring substituents is 1. The Morgan fingerprint density at radius 1 is 1.24 bits per heavy atom. The highest BCUT2D eigenvalue weighted by molar-refractivity contribution is 6.32. The molecule has 21 heavy (non-hydrogen) atoms. The van der Waals surface area contributed by atoms with Crippen LogP contribution in [0.2, 0.25) is 5.02 Å². The quantitative estimate of drug-likeness (QED) is 0.626. The first-order valence-corrected chi connectivity index (χ1v) is 5.90. The van der Waals surface area contributed by atoms with Crippen molar-refractivity contribution in [3.8, 4) is 0 Å². The molecule has 0 unspecified atom stereocenters. The summed E-state index contributed by atoms with van der Waals surface area (Å²) in [5.41, 5.74) is -0.952. The molecule has 1 heterocycles. The third kappa shape index (κ3) is 3.20. The van der Waals surface area contributed by atoms with Crippen LogP contribution in [0, 0.1) is 20.2 Å². The monoisotopic (exact) mass is 310 g/mol. The van der Waals surface area contributed by atoms with Crippen molar-refractivity contribution in [1.82, 2.24) is 9.55 Å². The molecule has 0 aliphatic heterocycles. The van der Waals surface area contributed by atoms with Crippen molar-refractivity contribution < 1.29 is 9.85 Å². The van der Waals surface area contributed by atoms with Crippen LogP contribution < -0.4 is 5.69 Å². The number of halogens is 1. The molecule has 0 atom stereocenters. The summed E-state index contributed by atoms with van der Waals surface area (Å²) < 4.78 is 0.991. The van der Waals surface area contributed by atoms with Crippen molar-refractivity contribution in [2.75, 3.05) is 0 Å². The highest BCUT2D eigenvalue weighted by Gasteiger charge is 2.14. The van der Waals surface area contributed by atoms with E-state index in [1.165, 1.54) is 18.2 Å². The standard InChI is InChI=1S/C11H7ClN4O5/c12-9-2-1-7(3-10(9)16(20)21)5-14-6-8(15(18)19)4-13-11(14)17/h1-4,6H,5H2. The van der Waals surface area contributed by atoms with Gasteiger partial charge in [0.25, 0.3) is 5.69 Å². The van der Waals surface area contributed by atoms with E-state index in [2.05, 4.69) is 4.98 Å². The lowest BCUT2D eigenvalue weighted by molar-refractivity contribution is -0.385. The number of rotatable bonds is 4. The van der Waals surface area contributed by atoms with Gasteiger partial charge in [-0.15, -0.1) is 0 Å². The molecule has 0 N–H and O–H groups in total. The molecule has 0 spiro atoms. The average Bonchev–Trinajstić information content (AvgIpc) is 2.42. The fourth-order valence-corrected chi connectivity index (χ4v) is 1.83. The minimum Gasteiger partial charge on any atom is -0.288 e. The van der Waals surface area contributed by atoms with E-state index >= 15 is 0 Å². The summed E-state index contributed by atoms with van der Waals surface area (Å²) >= 11 is 5.68. The molecule has 0 aliphatic carbocycles. The highest BCUT2D eigenvalue weighted by Crippen LogP contribution is 2.25. The zero-order valence-corrected chi connectivity index (χ0v) is 11.1. The summed E-state index contributed by atoms with van der Waals surface area (Å²) in [6, 6.07) is 4.01. The Morgan fingerprint density at radius 3 is 2.57 bits per heavy atom. The minimum atomic E-state index is -0.696. The summed E-state index contributed by atoms with van der Waals surface area (Å²) in [6.45, 7) is -0.0917. The molecule has 0 radical (unpaired) electrons. The van der Waals surface area contributed by atoms with Gasteiger partial charge in [-0.1, -0.05) is 17.7 Å². The first kappa shape index (κ1) is 14.6. The van der Waals surface area contributed by atoms with E-state index in [9.17, 15) is 25.0 Å². The van der Waals surface area contributed by atoms with Crippen LogP contribution in [-0.2, 0) is 6.54 Å². The molecule has 1 aromatic carbocycles. The molecular formula is C11H7ClN4O5. The maximum Gasteiger partial charge on any atom is 0.348 e. The number of aromatic nitrogens is 2. The Labute approximate surface area is 121 Å². The molecule has 0 amide bonds. The van der Waals surface area contributed by atoms with E-state index in [-0.39, 0.29) is 22.9 Å². The molecule has 0 aliphatic rings. The predicted octanol–water partition coefficient (Wildman–Crippen LogP) is 1.76. The maximum absolute atomic E-state index is 11.6. The second kappa shape index (κ2) is 5.67. The number of hydrogen-bond acceptors (Lipinski definition) is 6. The van der Waals surface area contributed by atoms with Crippen LogP contribution in [0.3, 0.4) is 0 Å². The fourth-order valence-electron chi connectivity index (χ4n) is 1.64. The third-order valence-corrected chi connectivity index (χ3v) is 2.93. The van der Waals surface area contributed by atoms with Crippen LogP contribution in [-0.4, -0.2) is 19.4 Å². The molecule has 0 fully saturated rings. The van der Waals surface area contributed by atoms with Gasteiger partial charge in [0.15, 0.2) is 0 Å². The molecule has 0 bridgehead atoms. The number of benzene rings is 1. The number of hydrogen-bond donors (Lipinski definition) is 0. The largest absolute Gasteiger partial charge is 0.348 e. The Kier molecular flexibility index (Phi) is 3.94. The summed E-state index contributed by atoms with van der Waals surface area (Å²) in [4.78, 5) is 35.0. The Morgan fingerprint density at radius 2 is 1.95 bits per heavy atom. The summed E-state index contributed by atoms with van der Waals surface area (Å²) in [5.74, 6) is 0. The molecular weight excluding hydrogens is 304 g/mol. The summed E-state index contributed by atoms with van der Waals surface area (Å²) in [5, 5.41) is 21.4. The molecule has 2 rings (SSSR count). The van der Waals surface area contributed by atoms with E-state index in [4.69, 9.17) is 11.6 Å². The number of nitrogens with zero attached hydrogens (tertiary/aromatic N) is 4. The van der Waals surface area contributed by atoms with Crippen molar-refractivity contribution in [2.45, 2.75) is 6.54 Å². The van der Waals surface area contributed by atoms with Crippen molar-refractivity contribution >= 4 is 23.0 Å². The van der Waals surface area contributed by atoms with E-state index in [0.29, 0.717) is 5.56 Å². The lowest BCUT2D eigenvalue weighted by Gasteiger charge is -2.05. The lowest BCUT2D eigenvalue weighted by Crippen LogP contribution is -2.23. The van der Waals surface area contributed by atoms with Crippen molar-refractivity contribution in [2.24, 2.45) is 0 Å². The average molecular weight is 311 g/mol. The number of nitro groups is 2.